The number of nitrogens with one attached hydrogen (secondary N) is 2. The van der Waals surface area contributed by atoms with Crippen LogP contribution in [0.2, 0.25) is 0 Å². The van der Waals surface area contributed by atoms with Gasteiger partial charge in [-0.3, -0.25) is 0 Å². The van der Waals surface area contributed by atoms with Gasteiger partial charge in [-0.25, -0.2) is 4.98 Å². The van der Waals surface area contributed by atoms with Gasteiger partial charge in [-0.1, -0.05) is 6.42 Å². The number of nitrogens with zero attached hydrogens (tertiary/aromatic N) is 2. The molecule has 0 bridgehead atoms. The van der Waals surface area contributed by atoms with Crippen LogP contribution in [0.3, 0.4) is 0 Å². The van der Waals surface area contributed by atoms with Gasteiger partial charge in [-0.15, -0.1) is 0 Å². The summed E-state index contributed by atoms with van der Waals surface area (Å²) in [5.74, 6) is 0. The van der Waals surface area contributed by atoms with E-state index in [-0.39, 0.29) is 0 Å². The van der Waals surface area contributed by atoms with Gasteiger partial charge >= 0.3 is 0 Å². The number of aromatic nitrogens is 3. The van der Waals surface area contributed by atoms with Crippen LogP contribution in [0.4, 0.5) is 0 Å². The van der Waals surface area contributed by atoms with Crippen molar-refractivity contribution in [1.82, 2.24) is 20.3 Å². The maximum Gasteiger partial charge on any atom is 0.296 e. The van der Waals surface area contributed by atoms with Gasteiger partial charge in [0, 0.05) is 12.2 Å². The van der Waals surface area contributed by atoms with Crippen molar-refractivity contribution in [3.05, 3.63) is 18.3 Å². The minimum Gasteiger partial charge on any atom is -0.465 e. The van der Waals surface area contributed by atoms with Crippen molar-refractivity contribution < 1.29 is 4.74 Å². The lowest BCUT2D eigenvalue weighted by atomic mass is 10.0. The number of rotatable bonds is 4. The molecule has 3 heterocycles. The van der Waals surface area contributed by atoms with E-state index < -0.39 is 0 Å². The van der Waals surface area contributed by atoms with Crippen molar-refractivity contribution in [3.8, 4) is 6.01 Å². The summed E-state index contributed by atoms with van der Waals surface area (Å²) in [6, 6.07) is 5.00. The molecule has 1 fully saturated rings. The lowest BCUT2D eigenvalue weighted by Crippen LogP contribution is -2.35. The van der Waals surface area contributed by atoms with E-state index in [1.165, 1.54) is 19.3 Å². The maximum absolute atomic E-state index is 5.65. The Kier molecular flexibility index (Phi) is 3.41. The molecule has 2 aromatic rings. The van der Waals surface area contributed by atoms with E-state index in [1.807, 2.05) is 12.1 Å². The van der Waals surface area contributed by atoms with Gasteiger partial charge in [-0.05, 0) is 37.9 Å². The van der Waals surface area contributed by atoms with Gasteiger partial charge in [-0.2, -0.15) is 4.98 Å². The van der Waals surface area contributed by atoms with E-state index in [0.29, 0.717) is 24.3 Å². The highest BCUT2D eigenvalue weighted by atomic mass is 16.5. The number of H-pyrrole nitrogens is 1. The Bertz CT molecular complexity index is 471. The third-order valence-electron chi connectivity index (χ3n) is 3.35. The first kappa shape index (κ1) is 11.5. The third-order valence-corrected chi connectivity index (χ3v) is 3.35. The molecule has 0 aromatic carbocycles. The number of fused-ring (bicyclic) bond motifs is 1. The van der Waals surface area contributed by atoms with Crippen molar-refractivity contribution in [2.24, 2.45) is 0 Å². The van der Waals surface area contributed by atoms with Crippen molar-refractivity contribution in [2.45, 2.75) is 31.7 Å². The van der Waals surface area contributed by atoms with E-state index in [0.717, 1.165) is 18.5 Å². The molecule has 0 amide bonds. The van der Waals surface area contributed by atoms with Crippen molar-refractivity contribution >= 4 is 11.2 Å². The van der Waals surface area contributed by atoms with E-state index >= 15 is 0 Å². The number of pyridine rings is 1. The van der Waals surface area contributed by atoms with Gasteiger partial charge in [0.1, 0.15) is 0 Å². The molecule has 2 N–H and O–H groups in total. The molecule has 1 aliphatic heterocycles. The van der Waals surface area contributed by atoms with Crippen LogP contribution >= 0.6 is 0 Å². The van der Waals surface area contributed by atoms with Crippen molar-refractivity contribution in [3.63, 3.8) is 0 Å². The topological polar surface area (TPSA) is 62.8 Å². The van der Waals surface area contributed by atoms with Crippen LogP contribution in [0, 0.1) is 0 Å². The van der Waals surface area contributed by atoms with Crippen LogP contribution in [0.1, 0.15) is 25.7 Å². The molecule has 0 spiro atoms. The quantitative estimate of drug-likeness (QED) is 0.864. The average molecular weight is 246 g/mol. The van der Waals surface area contributed by atoms with Crippen LogP contribution in [0.5, 0.6) is 6.01 Å². The molecular formula is C13H18N4O. The Morgan fingerprint density at radius 1 is 1.39 bits per heavy atom. The fourth-order valence-corrected chi connectivity index (χ4v) is 2.36. The molecule has 1 saturated heterocycles. The Labute approximate surface area is 106 Å². The van der Waals surface area contributed by atoms with Gasteiger partial charge in [0.05, 0.1) is 12.1 Å². The normalized spacial score (nSPS) is 20.1. The Morgan fingerprint density at radius 2 is 2.39 bits per heavy atom. The van der Waals surface area contributed by atoms with Crippen molar-refractivity contribution in [1.29, 1.82) is 0 Å². The maximum atomic E-state index is 5.65. The minimum absolute atomic E-state index is 0.569. The zero-order chi connectivity index (χ0) is 12.2. The fraction of sp³-hybridized carbons (Fsp3) is 0.538. The van der Waals surface area contributed by atoms with Crippen LogP contribution in [0.25, 0.3) is 11.2 Å². The number of hydrogen-bond donors (Lipinski definition) is 2. The summed E-state index contributed by atoms with van der Waals surface area (Å²) < 4.78 is 5.65. The third kappa shape index (κ3) is 2.61. The lowest BCUT2D eigenvalue weighted by molar-refractivity contribution is 0.254. The van der Waals surface area contributed by atoms with Gasteiger partial charge < -0.3 is 15.0 Å². The first-order valence-corrected chi connectivity index (χ1v) is 6.59. The molecule has 0 saturated carbocycles. The highest BCUT2D eigenvalue weighted by Crippen LogP contribution is 2.14. The molecule has 0 aliphatic carbocycles. The molecular weight excluding hydrogens is 228 g/mol. The Morgan fingerprint density at radius 3 is 3.22 bits per heavy atom. The second-order valence-corrected chi connectivity index (χ2v) is 4.70. The zero-order valence-corrected chi connectivity index (χ0v) is 10.4. The Hall–Kier alpha value is -1.62. The summed E-state index contributed by atoms with van der Waals surface area (Å²) in [5.41, 5.74) is 1.63. The average Bonchev–Trinajstić information content (AvgIpc) is 2.82. The largest absolute Gasteiger partial charge is 0.465 e. The zero-order valence-electron chi connectivity index (χ0n) is 10.4. The number of imidazole rings is 1. The predicted octanol–water partition coefficient (Wildman–Crippen LogP) is 1.87. The molecule has 1 unspecified atom stereocenters. The summed E-state index contributed by atoms with van der Waals surface area (Å²) in [6.07, 6.45) is 6.65. The Balaban J connectivity index is 1.53. The van der Waals surface area contributed by atoms with Crippen LogP contribution in [0.15, 0.2) is 18.3 Å². The summed E-state index contributed by atoms with van der Waals surface area (Å²) in [6.45, 7) is 1.83. The standard InChI is InChI=1S/C13H18N4O/c1-2-7-14-10(4-1)6-9-18-13-16-11-5-3-8-15-12(11)17-13/h3,5,8,10,14H,1-2,4,6-7,9H2,(H,15,16,17). The van der Waals surface area contributed by atoms with E-state index in [1.54, 1.807) is 6.20 Å². The van der Waals surface area contributed by atoms with Crippen LogP contribution < -0.4 is 10.1 Å². The molecule has 3 rings (SSSR count). The number of aromatic amines is 1. The van der Waals surface area contributed by atoms with Gasteiger partial charge in [0.2, 0.25) is 0 Å². The molecule has 0 radical (unpaired) electrons. The highest BCUT2D eigenvalue weighted by molar-refractivity contribution is 5.70. The van der Waals surface area contributed by atoms with E-state index in [2.05, 4.69) is 20.3 Å². The second kappa shape index (κ2) is 5.35. The molecule has 5 heteroatoms. The first-order chi connectivity index (χ1) is 8.92. The lowest BCUT2D eigenvalue weighted by Gasteiger charge is -2.22. The number of piperidine rings is 1. The number of hydrogen-bond acceptors (Lipinski definition) is 4. The van der Waals surface area contributed by atoms with Crippen molar-refractivity contribution in [2.75, 3.05) is 13.2 Å². The van der Waals surface area contributed by atoms with Crippen LogP contribution in [-0.4, -0.2) is 34.1 Å². The summed E-state index contributed by atoms with van der Waals surface area (Å²) >= 11 is 0. The summed E-state index contributed by atoms with van der Waals surface area (Å²) in [5, 5.41) is 3.51. The molecule has 1 atom stereocenters. The smallest absolute Gasteiger partial charge is 0.296 e. The van der Waals surface area contributed by atoms with E-state index in [4.69, 9.17) is 4.74 Å². The summed E-state index contributed by atoms with van der Waals surface area (Å²) in [7, 11) is 0. The van der Waals surface area contributed by atoms with Crippen LogP contribution in [-0.2, 0) is 0 Å². The second-order valence-electron chi connectivity index (χ2n) is 4.70. The summed E-state index contributed by atoms with van der Waals surface area (Å²) in [4.78, 5) is 11.6. The monoisotopic (exact) mass is 246 g/mol. The molecule has 18 heavy (non-hydrogen) atoms. The highest BCUT2D eigenvalue weighted by Gasteiger charge is 2.12. The predicted molar refractivity (Wildman–Crippen MR) is 69.6 cm³/mol. The van der Waals surface area contributed by atoms with Gasteiger partial charge in [0.25, 0.3) is 6.01 Å². The molecule has 1 aliphatic rings. The molecule has 96 valence electrons. The van der Waals surface area contributed by atoms with Gasteiger partial charge in [0.15, 0.2) is 5.65 Å². The minimum atomic E-state index is 0.569. The fourth-order valence-electron chi connectivity index (χ4n) is 2.36. The molecule has 5 nitrogen and oxygen atoms in total. The van der Waals surface area contributed by atoms with E-state index in [9.17, 15) is 0 Å². The first-order valence-electron chi connectivity index (χ1n) is 6.59. The molecule has 2 aromatic heterocycles. The SMILES string of the molecule is c1cnc2nc(OCCC3CCCCN3)[nH]c2c1. The number of ether oxygens (including phenoxy) is 1.